The molecule has 7 heteroatoms. The van der Waals surface area contributed by atoms with Crippen molar-refractivity contribution in [1.82, 2.24) is 0 Å². The van der Waals surface area contributed by atoms with Crippen LogP contribution in [0.1, 0.15) is 18.1 Å². The van der Waals surface area contributed by atoms with Gasteiger partial charge < -0.3 is 0 Å². The normalized spacial score (nSPS) is 11.3. The third-order valence-corrected chi connectivity index (χ3v) is 5.65. The summed E-state index contributed by atoms with van der Waals surface area (Å²) in [4.78, 5) is 10.3. The van der Waals surface area contributed by atoms with Crippen LogP contribution in [0.2, 0.25) is 0 Å². The highest BCUT2D eigenvalue weighted by molar-refractivity contribution is 7.92. The van der Waals surface area contributed by atoms with Gasteiger partial charge in [-0.2, -0.15) is 0 Å². The fraction of sp³-hybridized carbons (Fsp3) is 0.250. The first-order valence-electron chi connectivity index (χ1n) is 7.11. The van der Waals surface area contributed by atoms with Crippen LogP contribution in [0, 0.1) is 17.0 Å². The van der Waals surface area contributed by atoms with Crippen LogP contribution in [0.5, 0.6) is 0 Å². The summed E-state index contributed by atoms with van der Waals surface area (Å²) in [6, 6.07) is 11.1. The Labute approximate surface area is 135 Å². The Hall–Kier alpha value is -2.41. The van der Waals surface area contributed by atoms with Crippen LogP contribution in [0.15, 0.2) is 47.4 Å². The van der Waals surface area contributed by atoms with Crippen LogP contribution in [-0.2, 0) is 16.4 Å². The summed E-state index contributed by atoms with van der Waals surface area (Å²) in [5.74, 6) is 0. The molecule has 0 unspecified atom stereocenters. The number of anilines is 1. The number of nitrogens with zero attached hydrogens (tertiary/aromatic N) is 2. The number of sulfonamides is 1. The molecule has 6 nitrogen and oxygen atoms in total. The third-order valence-electron chi connectivity index (χ3n) is 3.73. The highest BCUT2D eigenvalue weighted by Gasteiger charge is 2.26. The lowest BCUT2D eigenvalue weighted by atomic mass is 10.1. The molecule has 0 aromatic heterocycles. The number of nitro benzene ring substituents is 1. The number of para-hydroxylation sites is 1. The van der Waals surface area contributed by atoms with E-state index < -0.39 is 14.9 Å². The van der Waals surface area contributed by atoms with E-state index in [1.807, 2.05) is 19.1 Å². The maximum absolute atomic E-state index is 12.9. The van der Waals surface area contributed by atoms with Gasteiger partial charge in [-0.25, -0.2) is 8.42 Å². The summed E-state index contributed by atoms with van der Waals surface area (Å²) >= 11 is 0. The number of hydrogen-bond donors (Lipinski definition) is 0. The fourth-order valence-corrected chi connectivity index (χ4v) is 3.85. The van der Waals surface area contributed by atoms with Gasteiger partial charge in [0.2, 0.25) is 0 Å². The number of nitro groups is 1. The molecule has 0 saturated heterocycles. The Morgan fingerprint density at radius 1 is 1.17 bits per heavy atom. The smallest absolute Gasteiger partial charge is 0.269 e. The van der Waals surface area contributed by atoms with Gasteiger partial charge >= 0.3 is 0 Å². The molecule has 0 amide bonds. The zero-order valence-electron chi connectivity index (χ0n) is 13.2. The second-order valence-corrected chi connectivity index (χ2v) is 7.10. The topological polar surface area (TPSA) is 80.5 Å². The van der Waals surface area contributed by atoms with Crippen LogP contribution < -0.4 is 4.31 Å². The Morgan fingerprint density at radius 2 is 1.83 bits per heavy atom. The van der Waals surface area contributed by atoms with Gasteiger partial charge in [-0.05, 0) is 30.5 Å². The highest BCUT2D eigenvalue weighted by atomic mass is 32.2. The first-order valence-corrected chi connectivity index (χ1v) is 8.55. The van der Waals surface area contributed by atoms with E-state index in [1.54, 1.807) is 19.1 Å². The zero-order valence-corrected chi connectivity index (χ0v) is 14.0. The van der Waals surface area contributed by atoms with Crippen molar-refractivity contribution in [1.29, 1.82) is 0 Å². The Bertz CT molecular complexity index is 847. The highest BCUT2D eigenvalue weighted by Crippen LogP contribution is 2.29. The fourth-order valence-electron chi connectivity index (χ4n) is 2.37. The average Bonchev–Trinajstić information content (AvgIpc) is 2.54. The SMILES string of the molecule is CCc1ccccc1N(C)S(=O)(=O)c1cc([N+](=O)[O-])ccc1C. The first-order chi connectivity index (χ1) is 10.8. The molecule has 0 fully saturated rings. The van der Waals surface area contributed by atoms with Crippen molar-refractivity contribution in [2.24, 2.45) is 0 Å². The molecule has 0 aliphatic carbocycles. The second kappa shape index (κ2) is 6.37. The molecule has 0 heterocycles. The minimum Gasteiger partial charge on any atom is -0.269 e. The zero-order chi connectivity index (χ0) is 17.2. The second-order valence-electron chi connectivity index (χ2n) is 5.16. The van der Waals surface area contributed by atoms with E-state index in [2.05, 4.69) is 0 Å². The lowest BCUT2D eigenvalue weighted by Gasteiger charge is -2.22. The van der Waals surface area contributed by atoms with Crippen molar-refractivity contribution in [2.75, 3.05) is 11.4 Å². The summed E-state index contributed by atoms with van der Waals surface area (Å²) in [6.45, 7) is 3.56. The van der Waals surface area contributed by atoms with Crippen LogP contribution >= 0.6 is 0 Å². The van der Waals surface area contributed by atoms with E-state index in [0.29, 0.717) is 17.7 Å². The van der Waals surface area contributed by atoms with Crippen molar-refractivity contribution in [2.45, 2.75) is 25.2 Å². The third kappa shape index (κ3) is 3.19. The predicted molar refractivity (Wildman–Crippen MR) is 89.2 cm³/mol. The van der Waals surface area contributed by atoms with E-state index in [0.717, 1.165) is 11.6 Å². The van der Waals surface area contributed by atoms with Crippen molar-refractivity contribution in [3.8, 4) is 0 Å². The largest absolute Gasteiger partial charge is 0.270 e. The van der Waals surface area contributed by atoms with E-state index in [-0.39, 0.29) is 10.6 Å². The maximum Gasteiger partial charge on any atom is 0.270 e. The van der Waals surface area contributed by atoms with Gasteiger partial charge in [0.25, 0.3) is 15.7 Å². The number of hydrogen-bond acceptors (Lipinski definition) is 4. The lowest BCUT2D eigenvalue weighted by molar-refractivity contribution is -0.385. The minimum absolute atomic E-state index is 0.0555. The molecular formula is C16H18N2O4S. The Balaban J connectivity index is 2.58. The van der Waals surface area contributed by atoms with Crippen LogP contribution in [0.25, 0.3) is 0 Å². The Morgan fingerprint density at radius 3 is 2.43 bits per heavy atom. The van der Waals surface area contributed by atoms with Gasteiger partial charge in [-0.1, -0.05) is 31.2 Å². The van der Waals surface area contributed by atoms with Crippen molar-refractivity contribution < 1.29 is 13.3 Å². The summed E-state index contributed by atoms with van der Waals surface area (Å²) in [6.07, 6.45) is 0.684. The molecule has 2 aromatic rings. The molecular weight excluding hydrogens is 316 g/mol. The van der Waals surface area contributed by atoms with Gasteiger partial charge in [-0.15, -0.1) is 0 Å². The molecule has 0 spiro atoms. The minimum atomic E-state index is -3.88. The van der Waals surface area contributed by atoms with Crippen LogP contribution in [-0.4, -0.2) is 20.4 Å². The van der Waals surface area contributed by atoms with Crippen molar-refractivity contribution >= 4 is 21.4 Å². The molecule has 2 rings (SSSR count). The standard InChI is InChI=1S/C16H18N2O4S/c1-4-13-7-5-6-8-15(13)17(3)23(21,22)16-11-14(18(19)20)10-9-12(16)2/h5-11H,4H2,1-3H3. The molecule has 0 atom stereocenters. The van der Waals surface area contributed by atoms with Crippen LogP contribution in [0.3, 0.4) is 0 Å². The lowest BCUT2D eigenvalue weighted by Crippen LogP contribution is -2.28. The monoisotopic (exact) mass is 334 g/mol. The van der Waals surface area contributed by atoms with E-state index in [1.165, 1.54) is 23.5 Å². The summed E-state index contributed by atoms with van der Waals surface area (Å²) in [5, 5.41) is 10.9. The summed E-state index contributed by atoms with van der Waals surface area (Å²) < 4.78 is 27.0. The molecule has 0 radical (unpaired) electrons. The van der Waals surface area contributed by atoms with Gasteiger partial charge in [-0.3, -0.25) is 14.4 Å². The average molecular weight is 334 g/mol. The molecule has 23 heavy (non-hydrogen) atoms. The molecule has 0 saturated carbocycles. The van der Waals surface area contributed by atoms with Gasteiger partial charge in [0, 0.05) is 19.2 Å². The summed E-state index contributed by atoms with van der Waals surface area (Å²) in [7, 11) is -2.42. The van der Waals surface area contributed by atoms with Crippen LogP contribution in [0.4, 0.5) is 11.4 Å². The van der Waals surface area contributed by atoms with Crippen molar-refractivity contribution in [3.63, 3.8) is 0 Å². The number of aryl methyl sites for hydroxylation is 2. The summed E-state index contributed by atoms with van der Waals surface area (Å²) in [5.41, 5.74) is 1.69. The number of non-ortho nitro benzene ring substituents is 1. The van der Waals surface area contributed by atoms with Gasteiger partial charge in [0.15, 0.2) is 0 Å². The van der Waals surface area contributed by atoms with E-state index in [9.17, 15) is 18.5 Å². The molecule has 0 aliphatic rings. The van der Waals surface area contributed by atoms with Gasteiger partial charge in [0.05, 0.1) is 15.5 Å². The Kier molecular flexibility index (Phi) is 4.70. The van der Waals surface area contributed by atoms with E-state index >= 15 is 0 Å². The number of rotatable bonds is 5. The molecule has 122 valence electrons. The molecule has 2 aromatic carbocycles. The quantitative estimate of drug-likeness (QED) is 0.621. The predicted octanol–water partition coefficient (Wildman–Crippen LogP) is 3.29. The first kappa shape index (κ1) is 17.0. The van der Waals surface area contributed by atoms with Gasteiger partial charge in [0.1, 0.15) is 0 Å². The van der Waals surface area contributed by atoms with E-state index in [4.69, 9.17) is 0 Å². The molecule has 0 bridgehead atoms. The molecule has 0 N–H and O–H groups in total. The van der Waals surface area contributed by atoms with Crippen molar-refractivity contribution in [3.05, 3.63) is 63.7 Å². The molecule has 0 aliphatic heterocycles. The number of benzene rings is 2. The maximum atomic E-state index is 12.9.